The van der Waals surface area contributed by atoms with Crippen molar-refractivity contribution >= 4 is 22.8 Å². The quantitative estimate of drug-likeness (QED) is 0.604. The fourth-order valence-corrected chi connectivity index (χ4v) is 2.42. The number of amides is 2. The predicted octanol–water partition coefficient (Wildman–Crippen LogP) is 1.58. The number of imidazole rings is 1. The van der Waals surface area contributed by atoms with E-state index in [-0.39, 0.29) is 6.42 Å². The van der Waals surface area contributed by atoms with Crippen molar-refractivity contribution in [1.29, 1.82) is 0 Å². The molecule has 0 saturated heterocycles. The highest BCUT2D eigenvalue weighted by molar-refractivity contribution is 5.96. The van der Waals surface area contributed by atoms with E-state index < -0.39 is 11.8 Å². The molecule has 1 aromatic heterocycles. The van der Waals surface area contributed by atoms with E-state index in [4.69, 9.17) is 9.47 Å². The Balaban J connectivity index is 1.61. The molecule has 1 heterocycles. The van der Waals surface area contributed by atoms with Crippen molar-refractivity contribution in [3.05, 3.63) is 53.9 Å². The number of para-hydroxylation sites is 2. The molecule has 2 amide bonds. The maximum atomic E-state index is 12.2. The minimum absolute atomic E-state index is 0.0103. The zero-order chi connectivity index (χ0) is 18.5. The number of carbonyl (C=O) groups excluding carboxylic acids is 2. The van der Waals surface area contributed by atoms with Crippen LogP contribution in [0.3, 0.4) is 0 Å². The van der Waals surface area contributed by atoms with E-state index >= 15 is 0 Å². The number of hydrogen-bond donors (Lipinski definition) is 3. The van der Waals surface area contributed by atoms with Crippen LogP contribution in [-0.4, -0.2) is 36.0 Å². The Morgan fingerprint density at radius 1 is 1.04 bits per heavy atom. The van der Waals surface area contributed by atoms with Crippen LogP contribution in [0.2, 0.25) is 0 Å². The Morgan fingerprint density at radius 3 is 2.38 bits per heavy atom. The molecule has 0 bridgehead atoms. The van der Waals surface area contributed by atoms with Crippen molar-refractivity contribution in [1.82, 2.24) is 20.8 Å². The molecule has 3 N–H and O–H groups in total. The fraction of sp³-hybridized carbons (Fsp3) is 0.167. The van der Waals surface area contributed by atoms with E-state index in [1.165, 1.54) is 14.2 Å². The second-order valence-corrected chi connectivity index (χ2v) is 5.48. The number of nitrogens with one attached hydrogen (secondary N) is 3. The Morgan fingerprint density at radius 2 is 1.73 bits per heavy atom. The van der Waals surface area contributed by atoms with Gasteiger partial charge in [-0.05, 0) is 24.3 Å². The Hall–Kier alpha value is -3.55. The van der Waals surface area contributed by atoms with Crippen LogP contribution in [-0.2, 0) is 11.2 Å². The third-order valence-electron chi connectivity index (χ3n) is 3.70. The zero-order valence-corrected chi connectivity index (χ0v) is 14.3. The van der Waals surface area contributed by atoms with Crippen LogP contribution < -0.4 is 20.3 Å². The normalized spacial score (nSPS) is 10.4. The van der Waals surface area contributed by atoms with Crippen molar-refractivity contribution < 1.29 is 19.1 Å². The van der Waals surface area contributed by atoms with Gasteiger partial charge in [-0.25, -0.2) is 4.98 Å². The van der Waals surface area contributed by atoms with Crippen LogP contribution in [0.1, 0.15) is 16.2 Å². The summed E-state index contributed by atoms with van der Waals surface area (Å²) in [5, 5.41) is 0. The third kappa shape index (κ3) is 3.92. The lowest BCUT2D eigenvalue weighted by atomic mass is 10.2. The molecule has 0 unspecified atom stereocenters. The summed E-state index contributed by atoms with van der Waals surface area (Å²) in [7, 11) is 2.98. The molecule has 0 aliphatic heterocycles. The van der Waals surface area contributed by atoms with Gasteiger partial charge in [0, 0.05) is 11.6 Å². The van der Waals surface area contributed by atoms with Gasteiger partial charge in [0.15, 0.2) is 0 Å². The van der Waals surface area contributed by atoms with Gasteiger partial charge in [0.05, 0.1) is 31.7 Å². The van der Waals surface area contributed by atoms with Crippen LogP contribution in [0.15, 0.2) is 42.5 Å². The van der Waals surface area contributed by atoms with Gasteiger partial charge in [-0.15, -0.1) is 0 Å². The number of aromatic amines is 1. The summed E-state index contributed by atoms with van der Waals surface area (Å²) in [5.74, 6) is 0.583. The number of H-pyrrole nitrogens is 1. The van der Waals surface area contributed by atoms with Crippen LogP contribution in [0.4, 0.5) is 0 Å². The molecule has 8 nitrogen and oxygen atoms in total. The van der Waals surface area contributed by atoms with Crippen LogP contribution in [0, 0.1) is 0 Å². The molecule has 3 aromatic rings. The summed E-state index contributed by atoms with van der Waals surface area (Å²) in [4.78, 5) is 31.6. The summed E-state index contributed by atoms with van der Waals surface area (Å²) in [6.07, 6.45) is 0.0103. The molecule has 0 fully saturated rings. The van der Waals surface area contributed by atoms with Crippen molar-refractivity contribution in [3.8, 4) is 11.5 Å². The van der Waals surface area contributed by atoms with Gasteiger partial charge >= 0.3 is 0 Å². The highest BCUT2D eigenvalue weighted by Crippen LogP contribution is 2.22. The fourth-order valence-electron chi connectivity index (χ4n) is 2.42. The molecule has 0 saturated carbocycles. The number of methoxy groups -OCH3 is 2. The molecule has 3 rings (SSSR count). The average molecular weight is 354 g/mol. The zero-order valence-electron chi connectivity index (χ0n) is 14.3. The molecular weight excluding hydrogens is 336 g/mol. The van der Waals surface area contributed by atoms with Gasteiger partial charge in [-0.2, -0.15) is 0 Å². The molecule has 0 aliphatic rings. The summed E-state index contributed by atoms with van der Waals surface area (Å²) >= 11 is 0. The molecule has 8 heteroatoms. The van der Waals surface area contributed by atoms with E-state index in [9.17, 15) is 9.59 Å². The second-order valence-electron chi connectivity index (χ2n) is 5.48. The number of rotatable bonds is 5. The van der Waals surface area contributed by atoms with E-state index in [1.807, 2.05) is 24.3 Å². The van der Waals surface area contributed by atoms with Gasteiger partial charge in [0.2, 0.25) is 5.91 Å². The topological polar surface area (TPSA) is 105 Å². The molecule has 0 aliphatic carbocycles. The summed E-state index contributed by atoms with van der Waals surface area (Å²) in [6, 6.07) is 12.2. The van der Waals surface area contributed by atoms with Gasteiger partial charge in [-0.3, -0.25) is 20.4 Å². The number of benzene rings is 2. The number of aromatic nitrogens is 2. The molecule has 134 valence electrons. The van der Waals surface area contributed by atoms with Gasteiger partial charge in [0.1, 0.15) is 17.3 Å². The maximum Gasteiger partial charge on any atom is 0.269 e. The highest BCUT2D eigenvalue weighted by atomic mass is 16.5. The lowest BCUT2D eigenvalue weighted by Gasteiger charge is -2.09. The predicted molar refractivity (Wildman–Crippen MR) is 95.0 cm³/mol. The monoisotopic (exact) mass is 354 g/mol. The van der Waals surface area contributed by atoms with Crippen LogP contribution in [0.25, 0.3) is 11.0 Å². The Bertz CT molecular complexity index is 896. The number of carbonyl (C=O) groups is 2. The summed E-state index contributed by atoms with van der Waals surface area (Å²) in [5.41, 5.74) is 6.66. The van der Waals surface area contributed by atoms with Crippen molar-refractivity contribution in [3.63, 3.8) is 0 Å². The largest absolute Gasteiger partial charge is 0.497 e. The molecule has 0 atom stereocenters. The number of hydrogen-bond acceptors (Lipinski definition) is 5. The summed E-state index contributed by atoms with van der Waals surface area (Å²) < 4.78 is 10.2. The van der Waals surface area contributed by atoms with Crippen LogP contribution >= 0.6 is 0 Å². The van der Waals surface area contributed by atoms with E-state index in [2.05, 4.69) is 20.8 Å². The third-order valence-corrected chi connectivity index (χ3v) is 3.70. The number of fused-ring (bicyclic) bond motifs is 1. The lowest BCUT2D eigenvalue weighted by molar-refractivity contribution is -0.121. The first kappa shape index (κ1) is 17.3. The minimum Gasteiger partial charge on any atom is -0.497 e. The Kier molecular flexibility index (Phi) is 5.02. The standard InChI is InChI=1S/C18H18N4O4/c1-25-12-7-11(8-13(9-12)26-2)18(24)22-21-17(23)10-16-19-14-5-3-4-6-15(14)20-16/h3-9H,10H2,1-2H3,(H,19,20)(H,21,23)(H,22,24). The number of ether oxygens (including phenoxy) is 2. The average Bonchev–Trinajstić information content (AvgIpc) is 3.07. The second kappa shape index (κ2) is 7.56. The highest BCUT2D eigenvalue weighted by Gasteiger charge is 2.12. The minimum atomic E-state index is -0.486. The van der Waals surface area contributed by atoms with Gasteiger partial charge in [0.25, 0.3) is 5.91 Å². The SMILES string of the molecule is COc1cc(OC)cc(C(=O)NNC(=O)Cc2nc3ccccc3[nH]2)c1. The maximum absolute atomic E-state index is 12.2. The number of hydrazine groups is 1. The first-order valence-corrected chi connectivity index (χ1v) is 7.85. The lowest BCUT2D eigenvalue weighted by Crippen LogP contribution is -2.42. The van der Waals surface area contributed by atoms with E-state index in [0.29, 0.717) is 22.9 Å². The van der Waals surface area contributed by atoms with Crippen molar-refractivity contribution in [2.24, 2.45) is 0 Å². The van der Waals surface area contributed by atoms with Crippen molar-refractivity contribution in [2.75, 3.05) is 14.2 Å². The molecule has 0 spiro atoms. The van der Waals surface area contributed by atoms with Crippen LogP contribution in [0.5, 0.6) is 11.5 Å². The molecule has 26 heavy (non-hydrogen) atoms. The Labute approximate surface area is 149 Å². The van der Waals surface area contributed by atoms with E-state index in [1.54, 1.807) is 18.2 Å². The smallest absolute Gasteiger partial charge is 0.269 e. The van der Waals surface area contributed by atoms with Gasteiger partial charge < -0.3 is 14.5 Å². The summed E-state index contributed by atoms with van der Waals surface area (Å²) in [6.45, 7) is 0. The first-order valence-electron chi connectivity index (χ1n) is 7.85. The molecular formula is C18H18N4O4. The molecule has 0 radical (unpaired) electrons. The van der Waals surface area contributed by atoms with Gasteiger partial charge in [-0.1, -0.05) is 12.1 Å². The van der Waals surface area contributed by atoms with Crippen molar-refractivity contribution in [2.45, 2.75) is 6.42 Å². The first-order chi connectivity index (χ1) is 12.6. The number of nitrogens with zero attached hydrogens (tertiary/aromatic N) is 1. The van der Waals surface area contributed by atoms with E-state index in [0.717, 1.165) is 11.0 Å². The molecule has 2 aromatic carbocycles.